The molecule has 1 heterocycles. The molecule has 0 aliphatic rings. The van der Waals surface area contributed by atoms with Gasteiger partial charge in [0, 0.05) is 11.9 Å². The summed E-state index contributed by atoms with van der Waals surface area (Å²) in [6.45, 7) is 0.707. The average Bonchev–Trinajstić information content (AvgIpc) is 2.87. The van der Waals surface area contributed by atoms with Crippen LogP contribution in [-0.2, 0) is 6.54 Å². The quantitative estimate of drug-likeness (QED) is 0.658. The summed E-state index contributed by atoms with van der Waals surface area (Å²) in [5, 5.41) is 20.7. The van der Waals surface area contributed by atoms with Crippen molar-refractivity contribution in [2.24, 2.45) is 0 Å². The fraction of sp³-hybridized carbons (Fsp3) is 0.0714. The molecule has 4 nitrogen and oxygen atoms in total. The van der Waals surface area contributed by atoms with E-state index in [4.69, 9.17) is 0 Å². The number of aromatic amines is 1. The van der Waals surface area contributed by atoms with Gasteiger partial charge in [0.05, 0.1) is 17.4 Å². The molecule has 2 aromatic carbocycles. The molecule has 0 fully saturated rings. The van der Waals surface area contributed by atoms with E-state index >= 15 is 0 Å². The first-order valence-electron chi connectivity index (χ1n) is 5.77. The van der Waals surface area contributed by atoms with E-state index in [0.717, 1.165) is 22.2 Å². The second-order valence-electron chi connectivity index (χ2n) is 4.16. The maximum absolute atomic E-state index is 9.22. The highest BCUT2D eigenvalue weighted by Crippen LogP contribution is 2.21. The maximum atomic E-state index is 9.22. The molecule has 90 valence electrons. The highest BCUT2D eigenvalue weighted by Gasteiger charge is 2.01. The normalized spacial score (nSPS) is 10.7. The minimum absolute atomic E-state index is 0.286. The van der Waals surface area contributed by atoms with Gasteiger partial charge in [-0.2, -0.15) is 5.10 Å². The Kier molecular flexibility index (Phi) is 2.61. The minimum Gasteiger partial charge on any atom is -0.508 e. The Balaban J connectivity index is 1.80. The van der Waals surface area contributed by atoms with Crippen LogP contribution in [0.3, 0.4) is 0 Å². The summed E-state index contributed by atoms with van der Waals surface area (Å²) in [7, 11) is 0. The summed E-state index contributed by atoms with van der Waals surface area (Å²) in [4.78, 5) is 0. The molecule has 0 aliphatic heterocycles. The number of nitrogens with one attached hydrogen (secondary N) is 2. The summed E-state index contributed by atoms with van der Waals surface area (Å²) in [6.07, 6.45) is 1.81. The fourth-order valence-corrected chi connectivity index (χ4v) is 1.93. The molecule has 18 heavy (non-hydrogen) atoms. The fourth-order valence-electron chi connectivity index (χ4n) is 1.93. The predicted molar refractivity (Wildman–Crippen MR) is 71.5 cm³/mol. The molecule has 4 heteroatoms. The standard InChI is InChI=1S/C14H13N3O/c18-12-6-4-10(5-7-12)8-15-13-3-1-2-11-9-16-17-14(11)13/h1-7,9,15,18H,8H2,(H,16,17). The smallest absolute Gasteiger partial charge is 0.115 e. The number of rotatable bonds is 3. The Bertz CT molecular complexity index is 658. The van der Waals surface area contributed by atoms with Crippen molar-refractivity contribution in [2.75, 3.05) is 5.32 Å². The van der Waals surface area contributed by atoms with Crippen LogP contribution in [0.5, 0.6) is 5.75 Å². The number of phenolic OH excluding ortho intramolecular Hbond substituents is 1. The van der Waals surface area contributed by atoms with E-state index in [1.165, 1.54) is 0 Å². The average molecular weight is 239 g/mol. The van der Waals surface area contributed by atoms with Crippen molar-refractivity contribution in [3.8, 4) is 5.75 Å². The number of benzene rings is 2. The summed E-state index contributed by atoms with van der Waals surface area (Å²) < 4.78 is 0. The summed E-state index contributed by atoms with van der Waals surface area (Å²) >= 11 is 0. The minimum atomic E-state index is 0.286. The molecule has 1 aromatic heterocycles. The van der Waals surface area contributed by atoms with Crippen LogP contribution < -0.4 is 5.32 Å². The molecule has 0 saturated heterocycles. The van der Waals surface area contributed by atoms with Crippen molar-refractivity contribution in [3.05, 3.63) is 54.2 Å². The van der Waals surface area contributed by atoms with Crippen LogP contribution >= 0.6 is 0 Å². The molecule has 0 spiro atoms. The highest BCUT2D eigenvalue weighted by atomic mass is 16.3. The molecule has 3 rings (SSSR count). The Hall–Kier alpha value is -2.49. The van der Waals surface area contributed by atoms with Gasteiger partial charge in [0.2, 0.25) is 0 Å². The molecule has 0 aliphatic carbocycles. The van der Waals surface area contributed by atoms with Crippen molar-refractivity contribution in [2.45, 2.75) is 6.54 Å². The molecular formula is C14H13N3O. The van der Waals surface area contributed by atoms with Crippen molar-refractivity contribution in [3.63, 3.8) is 0 Å². The van der Waals surface area contributed by atoms with Crippen molar-refractivity contribution in [1.82, 2.24) is 10.2 Å². The number of aromatic hydroxyl groups is 1. The molecule has 0 unspecified atom stereocenters. The number of anilines is 1. The zero-order chi connectivity index (χ0) is 12.4. The Morgan fingerprint density at radius 3 is 2.78 bits per heavy atom. The van der Waals surface area contributed by atoms with Gasteiger partial charge in [-0.05, 0) is 23.8 Å². The van der Waals surface area contributed by atoms with E-state index < -0.39 is 0 Å². The monoisotopic (exact) mass is 239 g/mol. The van der Waals surface area contributed by atoms with Crippen LogP contribution in [0.2, 0.25) is 0 Å². The number of hydrogen-bond donors (Lipinski definition) is 3. The third-order valence-corrected chi connectivity index (χ3v) is 2.90. The van der Waals surface area contributed by atoms with Crippen molar-refractivity contribution < 1.29 is 5.11 Å². The van der Waals surface area contributed by atoms with Gasteiger partial charge < -0.3 is 10.4 Å². The van der Waals surface area contributed by atoms with Crippen LogP contribution in [0, 0.1) is 0 Å². The second-order valence-corrected chi connectivity index (χ2v) is 4.16. The third-order valence-electron chi connectivity index (χ3n) is 2.90. The summed E-state index contributed by atoms with van der Waals surface area (Å²) in [5.74, 6) is 0.286. The Labute approximate surface area is 104 Å². The molecule has 3 aromatic rings. The van der Waals surface area contributed by atoms with Crippen LogP contribution in [0.1, 0.15) is 5.56 Å². The third kappa shape index (κ3) is 2.00. The Morgan fingerprint density at radius 1 is 1.11 bits per heavy atom. The lowest BCUT2D eigenvalue weighted by Gasteiger charge is -2.07. The first kappa shape index (κ1) is 10.7. The first-order valence-corrected chi connectivity index (χ1v) is 5.77. The molecule has 0 radical (unpaired) electrons. The van der Waals surface area contributed by atoms with E-state index in [1.54, 1.807) is 18.3 Å². The van der Waals surface area contributed by atoms with Gasteiger partial charge in [0.1, 0.15) is 5.75 Å². The van der Waals surface area contributed by atoms with Crippen LogP contribution in [0.25, 0.3) is 10.9 Å². The molecule has 0 saturated carbocycles. The summed E-state index contributed by atoms with van der Waals surface area (Å²) in [6, 6.07) is 13.2. The number of para-hydroxylation sites is 1. The second kappa shape index (κ2) is 4.41. The van der Waals surface area contributed by atoms with E-state index in [2.05, 4.69) is 15.5 Å². The predicted octanol–water partition coefficient (Wildman–Crippen LogP) is 2.88. The number of H-pyrrole nitrogens is 1. The van der Waals surface area contributed by atoms with Crippen LogP contribution in [0.15, 0.2) is 48.7 Å². The summed E-state index contributed by atoms with van der Waals surface area (Å²) in [5.41, 5.74) is 3.15. The van der Waals surface area contributed by atoms with Crippen molar-refractivity contribution in [1.29, 1.82) is 0 Å². The number of phenols is 1. The Morgan fingerprint density at radius 2 is 1.94 bits per heavy atom. The van der Waals surface area contributed by atoms with Crippen LogP contribution in [-0.4, -0.2) is 15.3 Å². The highest BCUT2D eigenvalue weighted by molar-refractivity contribution is 5.89. The van der Waals surface area contributed by atoms with Gasteiger partial charge in [-0.25, -0.2) is 0 Å². The van der Waals surface area contributed by atoms with E-state index in [-0.39, 0.29) is 5.75 Å². The topological polar surface area (TPSA) is 60.9 Å². The van der Waals surface area contributed by atoms with Gasteiger partial charge in [0.15, 0.2) is 0 Å². The van der Waals surface area contributed by atoms with Gasteiger partial charge in [-0.1, -0.05) is 24.3 Å². The lowest BCUT2D eigenvalue weighted by molar-refractivity contribution is 0.475. The van der Waals surface area contributed by atoms with E-state index in [1.807, 2.05) is 30.3 Å². The lowest BCUT2D eigenvalue weighted by atomic mass is 10.2. The molecular weight excluding hydrogens is 226 g/mol. The molecule has 0 atom stereocenters. The van der Waals surface area contributed by atoms with Crippen LogP contribution in [0.4, 0.5) is 5.69 Å². The van der Waals surface area contributed by atoms with E-state index in [9.17, 15) is 5.11 Å². The van der Waals surface area contributed by atoms with Gasteiger partial charge in [0.25, 0.3) is 0 Å². The number of fused-ring (bicyclic) bond motifs is 1. The largest absolute Gasteiger partial charge is 0.508 e. The first-order chi connectivity index (χ1) is 8.83. The maximum Gasteiger partial charge on any atom is 0.115 e. The molecule has 0 amide bonds. The van der Waals surface area contributed by atoms with Gasteiger partial charge in [-0.3, -0.25) is 5.10 Å². The van der Waals surface area contributed by atoms with Crippen molar-refractivity contribution >= 4 is 16.6 Å². The SMILES string of the molecule is Oc1ccc(CNc2cccc3cn[nH]c23)cc1. The number of hydrogen-bond acceptors (Lipinski definition) is 3. The van der Waals surface area contributed by atoms with Gasteiger partial charge >= 0.3 is 0 Å². The zero-order valence-corrected chi connectivity index (χ0v) is 9.72. The zero-order valence-electron chi connectivity index (χ0n) is 9.72. The number of nitrogens with zero attached hydrogens (tertiary/aromatic N) is 1. The number of aromatic nitrogens is 2. The van der Waals surface area contributed by atoms with E-state index in [0.29, 0.717) is 6.54 Å². The lowest BCUT2D eigenvalue weighted by Crippen LogP contribution is -1.99. The molecule has 0 bridgehead atoms. The van der Waals surface area contributed by atoms with Gasteiger partial charge in [-0.15, -0.1) is 0 Å². The molecule has 3 N–H and O–H groups in total.